The first-order valence-corrected chi connectivity index (χ1v) is 9.31. The maximum Gasteiger partial charge on any atom is 0.416 e. The molecule has 0 bridgehead atoms. The van der Waals surface area contributed by atoms with Crippen LogP contribution in [0.2, 0.25) is 0 Å². The topological polar surface area (TPSA) is 76.1 Å². The van der Waals surface area contributed by atoms with Crippen LogP contribution in [-0.4, -0.2) is 41.1 Å². The van der Waals surface area contributed by atoms with Crippen molar-refractivity contribution in [2.75, 3.05) is 12.8 Å². The summed E-state index contributed by atoms with van der Waals surface area (Å²) in [6, 6.07) is 0.967. The van der Waals surface area contributed by atoms with E-state index in [-0.39, 0.29) is 17.3 Å². The lowest BCUT2D eigenvalue weighted by Gasteiger charge is -2.28. The summed E-state index contributed by atoms with van der Waals surface area (Å²) in [6.07, 6.45) is 0.825. The molecule has 0 atom stereocenters. The van der Waals surface area contributed by atoms with E-state index in [0.29, 0.717) is 25.2 Å². The van der Waals surface area contributed by atoms with Crippen LogP contribution in [0.1, 0.15) is 22.4 Å². The van der Waals surface area contributed by atoms with Crippen LogP contribution >= 0.6 is 0 Å². The number of halogens is 3. The van der Waals surface area contributed by atoms with E-state index in [1.807, 2.05) is 4.90 Å². The number of hydrogen-bond donors (Lipinski definition) is 0. The Morgan fingerprint density at radius 2 is 2.04 bits per heavy atom. The summed E-state index contributed by atoms with van der Waals surface area (Å²) in [5, 5.41) is -0.230. The molecule has 25 heavy (non-hydrogen) atoms. The normalized spacial score (nSPS) is 15.8. The van der Waals surface area contributed by atoms with Crippen molar-refractivity contribution in [2.45, 2.75) is 30.8 Å². The monoisotopic (exact) mass is 372 g/mol. The summed E-state index contributed by atoms with van der Waals surface area (Å²) < 4.78 is 62.2. The molecular formula is C15H15F3N4O2S. The van der Waals surface area contributed by atoms with Gasteiger partial charge < -0.3 is 0 Å². The molecule has 2 aromatic heterocycles. The van der Waals surface area contributed by atoms with Crippen molar-refractivity contribution in [2.24, 2.45) is 0 Å². The van der Waals surface area contributed by atoms with Crippen LogP contribution in [0.3, 0.4) is 0 Å². The summed E-state index contributed by atoms with van der Waals surface area (Å²) in [7, 11) is -3.49. The number of alkyl halides is 3. The maximum atomic E-state index is 13.1. The molecule has 6 nitrogen and oxygen atoms in total. The van der Waals surface area contributed by atoms with E-state index in [1.165, 1.54) is 12.4 Å². The first kappa shape index (κ1) is 17.7. The van der Waals surface area contributed by atoms with Gasteiger partial charge in [-0.25, -0.2) is 18.4 Å². The first-order valence-electron chi connectivity index (χ1n) is 7.42. The van der Waals surface area contributed by atoms with Gasteiger partial charge in [0.05, 0.1) is 11.3 Å². The highest BCUT2D eigenvalue weighted by atomic mass is 32.2. The van der Waals surface area contributed by atoms with Gasteiger partial charge in [0.25, 0.3) is 0 Å². The summed E-state index contributed by atoms with van der Waals surface area (Å²) >= 11 is 0. The molecule has 0 fully saturated rings. The van der Waals surface area contributed by atoms with Crippen molar-refractivity contribution in [1.82, 2.24) is 19.9 Å². The highest BCUT2D eigenvalue weighted by Gasteiger charge is 2.34. The van der Waals surface area contributed by atoms with E-state index in [2.05, 4.69) is 15.0 Å². The maximum absolute atomic E-state index is 13.1. The molecule has 0 aromatic carbocycles. The predicted octanol–water partition coefficient (Wildman–Crippen LogP) is 1.85. The van der Waals surface area contributed by atoms with E-state index in [4.69, 9.17) is 0 Å². The summed E-state index contributed by atoms with van der Waals surface area (Å²) in [6.45, 7) is 0.918. The molecule has 3 rings (SSSR count). The van der Waals surface area contributed by atoms with E-state index >= 15 is 0 Å². The van der Waals surface area contributed by atoms with Crippen molar-refractivity contribution in [1.29, 1.82) is 0 Å². The molecule has 10 heteroatoms. The Balaban J connectivity index is 1.81. The third kappa shape index (κ3) is 3.96. The van der Waals surface area contributed by atoms with Gasteiger partial charge in [0.1, 0.15) is 0 Å². The highest BCUT2D eigenvalue weighted by molar-refractivity contribution is 7.90. The number of pyridine rings is 1. The molecule has 0 saturated carbocycles. The van der Waals surface area contributed by atoms with E-state index in [0.717, 1.165) is 24.1 Å². The van der Waals surface area contributed by atoms with E-state index in [1.54, 1.807) is 0 Å². The van der Waals surface area contributed by atoms with Crippen molar-refractivity contribution in [3.63, 3.8) is 0 Å². The minimum absolute atomic E-state index is 0.0932. The third-order valence-corrected chi connectivity index (χ3v) is 4.79. The number of rotatable bonds is 3. The first-order chi connectivity index (χ1) is 11.6. The predicted molar refractivity (Wildman–Crippen MR) is 82.2 cm³/mol. The molecule has 0 N–H and O–H groups in total. The average molecular weight is 372 g/mol. The van der Waals surface area contributed by atoms with Crippen LogP contribution in [0.4, 0.5) is 13.2 Å². The van der Waals surface area contributed by atoms with Gasteiger partial charge in [-0.3, -0.25) is 9.88 Å². The Bertz CT molecular complexity index is 900. The standard InChI is InChI=1S/C15H15F3N4O2S/c1-25(23,24)14-20-7-11-9-22(5-3-13(11)21-14)8-10-6-19-4-2-12(10)15(16,17)18/h2,4,6-7H,3,5,8-9H2,1H3. The van der Waals surface area contributed by atoms with Crippen LogP contribution in [0.25, 0.3) is 0 Å². The number of fused-ring (bicyclic) bond motifs is 1. The molecular weight excluding hydrogens is 357 g/mol. The van der Waals surface area contributed by atoms with Crippen LogP contribution in [-0.2, 0) is 35.5 Å². The van der Waals surface area contributed by atoms with Gasteiger partial charge >= 0.3 is 6.18 Å². The molecule has 0 aliphatic carbocycles. The van der Waals surface area contributed by atoms with Crippen LogP contribution in [0.5, 0.6) is 0 Å². The van der Waals surface area contributed by atoms with Crippen LogP contribution in [0.15, 0.2) is 29.8 Å². The lowest BCUT2D eigenvalue weighted by molar-refractivity contribution is -0.138. The number of aromatic nitrogens is 3. The number of nitrogens with zero attached hydrogens (tertiary/aromatic N) is 4. The second-order valence-electron chi connectivity index (χ2n) is 5.89. The van der Waals surface area contributed by atoms with Gasteiger partial charge in [0.15, 0.2) is 0 Å². The van der Waals surface area contributed by atoms with E-state index in [9.17, 15) is 21.6 Å². The molecule has 1 aliphatic rings. The Labute approximate surface area is 142 Å². The summed E-state index contributed by atoms with van der Waals surface area (Å²) in [5.74, 6) is 0. The van der Waals surface area contributed by atoms with Gasteiger partial charge in [0, 0.05) is 56.5 Å². The zero-order valence-corrected chi connectivity index (χ0v) is 14.1. The summed E-state index contributed by atoms with van der Waals surface area (Å²) in [4.78, 5) is 13.5. The largest absolute Gasteiger partial charge is 0.416 e. The van der Waals surface area contributed by atoms with E-state index < -0.39 is 21.6 Å². The molecule has 1 aliphatic heterocycles. The lowest BCUT2D eigenvalue weighted by Crippen LogP contribution is -2.32. The fourth-order valence-corrected chi connectivity index (χ4v) is 3.26. The Morgan fingerprint density at radius 1 is 1.28 bits per heavy atom. The van der Waals surface area contributed by atoms with Gasteiger partial charge in [-0.15, -0.1) is 0 Å². The molecule has 3 heterocycles. The summed E-state index contributed by atoms with van der Waals surface area (Å²) in [5.41, 5.74) is 0.745. The second kappa shape index (κ2) is 6.34. The smallest absolute Gasteiger partial charge is 0.294 e. The highest BCUT2D eigenvalue weighted by Crippen LogP contribution is 2.32. The van der Waals surface area contributed by atoms with Crippen LogP contribution in [0, 0.1) is 0 Å². The Kier molecular flexibility index (Phi) is 4.50. The van der Waals surface area contributed by atoms with Gasteiger partial charge in [0.2, 0.25) is 15.0 Å². The lowest BCUT2D eigenvalue weighted by atomic mass is 10.1. The zero-order valence-electron chi connectivity index (χ0n) is 13.3. The zero-order chi connectivity index (χ0) is 18.2. The molecule has 0 spiro atoms. The molecule has 0 amide bonds. The minimum atomic E-state index is -4.43. The minimum Gasteiger partial charge on any atom is -0.294 e. The molecule has 134 valence electrons. The van der Waals surface area contributed by atoms with Crippen molar-refractivity contribution in [3.8, 4) is 0 Å². The number of hydrogen-bond acceptors (Lipinski definition) is 6. The Hall–Kier alpha value is -2.07. The average Bonchev–Trinajstić information content (AvgIpc) is 2.53. The van der Waals surface area contributed by atoms with Gasteiger partial charge in [-0.1, -0.05) is 0 Å². The Morgan fingerprint density at radius 3 is 2.72 bits per heavy atom. The molecule has 2 aromatic rings. The van der Waals surface area contributed by atoms with Crippen molar-refractivity contribution < 1.29 is 21.6 Å². The quantitative estimate of drug-likeness (QED) is 0.766. The van der Waals surface area contributed by atoms with Crippen molar-refractivity contribution >= 4 is 9.84 Å². The third-order valence-electron chi connectivity index (χ3n) is 3.93. The van der Waals surface area contributed by atoms with Crippen LogP contribution < -0.4 is 0 Å². The van der Waals surface area contributed by atoms with Crippen molar-refractivity contribution in [3.05, 3.63) is 47.0 Å². The number of sulfone groups is 1. The fraction of sp³-hybridized carbons (Fsp3) is 0.400. The van der Waals surface area contributed by atoms with Gasteiger partial charge in [-0.05, 0) is 11.6 Å². The van der Waals surface area contributed by atoms with Gasteiger partial charge in [-0.2, -0.15) is 13.2 Å². The molecule has 0 radical (unpaired) electrons. The second-order valence-corrected chi connectivity index (χ2v) is 7.80. The fourth-order valence-electron chi connectivity index (χ4n) is 2.74. The molecule has 0 unspecified atom stereocenters. The molecule has 0 saturated heterocycles. The SMILES string of the molecule is CS(=O)(=O)c1ncc2c(n1)CCN(Cc1cnccc1C(F)(F)F)C2.